The van der Waals surface area contributed by atoms with Gasteiger partial charge >= 0.3 is 0 Å². The van der Waals surface area contributed by atoms with Gasteiger partial charge in [-0.2, -0.15) is 0 Å². The predicted molar refractivity (Wildman–Crippen MR) is 73.8 cm³/mol. The van der Waals surface area contributed by atoms with Crippen molar-refractivity contribution in [1.29, 1.82) is 0 Å². The maximum Gasteiger partial charge on any atom is 0.142 e. The van der Waals surface area contributed by atoms with Crippen LogP contribution in [-0.4, -0.2) is 20.2 Å². The summed E-state index contributed by atoms with van der Waals surface area (Å²) >= 11 is 0. The second kappa shape index (κ2) is 6.50. The molecule has 3 heteroatoms. The number of nitrogens with one attached hydrogen (secondary N) is 1. The van der Waals surface area contributed by atoms with E-state index < -0.39 is 0 Å². The minimum atomic E-state index is 0.575. The molecule has 0 fully saturated rings. The number of hydrogen-bond donors (Lipinski definition) is 2. The number of methoxy groups -OCH3 is 1. The first-order chi connectivity index (χ1) is 8.08. The third kappa shape index (κ3) is 3.93. The third-order valence-corrected chi connectivity index (χ3v) is 3.12. The standard InChI is InChI=1S/C14H24N2O/c1-10(5-6-15)9-16-13-7-11(2)12(3)8-14(13)17-4/h7-8,10,16H,5-6,9,15H2,1-4H3. The van der Waals surface area contributed by atoms with Crippen LogP contribution in [0.1, 0.15) is 24.5 Å². The van der Waals surface area contributed by atoms with Gasteiger partial charge in [-0.15, -0.1) is 0 Å². The summed E-state index contributed by atoms with van der Waals surface area (Å²) in [5, 5.41) is 3.44. The van der Waals surface area contributed by atoms with E-state index in [-0.39, 0.29) is 0 Å². The summed E-state index contributed by atoms with van der Waals surface area (Å²) in [6, 6.07) is 4.22. The molecule has 3 N–H and O–H groups in total. The zero-order valence-corrected chi connectivity index (χ0v) is 11.3. The molecule has 0 aliphatic heterocycles. The van der Waals surface area contributed by atoms with E-state index in [9.17, 15) is 0 Å². The maximum absolute atomic E-state index is 5.55. The Morgan fingerprint density at radius 3 is 2.53 bits per heavy atom. The van der Waals surface area contributed by atoms with Gasteiger partial charge in [0, 0.05) is 6.54 Å². The van der Waals surface area contributed by atoms with Crippen LogP contribution >= 0.6 is 0 Å². The van der Waals surface area contributed by atoms with Crippen molar-refractivity contribution in [2.75, 3.05) is 25.5 Å². The van der Waals surface area contributed by atoms with Crippen molar-refractivity contribution in [1.82, 2.24) is 0 Å². The Kier molecular flexibility index (Phi) is 5.29. The van der Waals surface area contributed by atoms with E-state index in [1.165, 1.54) is 11.1 Å². The number of benzene rings is 1. The van der Waals surface area contributed by atoms with Crippen molar-refractivity contribution in [3.63, 3.8) is 0 Å². The van der Waals surface area contributed by atoms with Gasteiger partial charge in [-0.1, -0.05) is 6.92 Å². The van der Waals surface area contributed by atoms with Crippen molar-refractivity contribution >= 4 is 5.69 Å². The summed E-state index contributed by atoms with van der Waals surface area (Å²) in [5.74, 6) is 1.49. The smallest absolute Gasteiger partial charge is 0.142 e. The zero-order chi connectivity index (χ0) is 12.8. The first kappa shape index (κ1) is 13.8. The van der Waals surface area contributed by atoms with E-state index in [0.29, 0.717) is 5.92 Å². The molecular formula is C14H24N2O. The molecule has 3 nitrogen and oxygen atoms in total. The van der Waals surface area contributed by atoms with Gasteiger partial charge in [0.15, 0.2) is 0 Å². The monoisotopic (exact) mass is 236 g/mol. The molecule has 96 valence electrons. The molecule has 0 aliphatic carbocycles. The third-order valence-electron chi connectivity index (χ3n) is 3.12. The van der Waals surface area contributed by atoms with Crippen LogP contribution in [-0.2, 0) is 0 Å². The molecule has 0 aromatic heterocycles. The van der Waals surface area contributed by atoms with Crippen LogP contribution in [0.15, 0.2) is 12.1 Å². The first-order valence-corrected chi connectivity index (χ1v) is 6.17. The maximum atomic E-state index is 5.55. The molecule has 1 unspecified atom stereocenters. The van der Waals surface area contributed by atoms with Crippen molar-refractivity contribution in [3.05, 3.63) is 23.3 Å². The van der Waals surface area contributed by atoms with Crippen LogP contribution in [0.4, 0.5) is 5.69 Å². The lowest BCUT2D eigenvalue weighted by molar-refractivity contribution is 0.415. The number of nitrogens with two attached hydrogens (primary N) is 1. The van der Waals surface area contributed by atoms with Crippen molar-refractivity contribution in [2.45, 2.75) is 27.2 Å². The van der Waals surface area contributed by atoms with Crippen molar-refractivity contribution < 1.29 is 4.74 Å². The summed E-state index contributed by atoms with van der Waals surface area (Å²) in [6.07, 6.45) is 1.04. The highest BCUT2D eigenvalue weighted by molar-refractivity contribution is 5.60. The quantitative estimate of drug-likeness (QED) is 0.798. The fraction of sp³-hybridized carbons (Fsp3) is 0.571. The van der Waals surface area contributed by atoms with Crippen LogP contribution in [0.5, 0.6) is 5.75 Å². The number of hydrogen-bond acceptors (Lipinski definition) is 3. The average Bonchev–Trinajstić information content (AvgIpc) is 2.30. The molecule has 0 radical (unpaired) electrons. The molecule has 1 atom stereocenters. The molecule has 0 saturated heterocycles. The van der Waals surface area contributed by atoms with Crippen LogP contribution < -0.4 is 15.8 Å². The summed E-state index contributed by atoms with van der Waals surface area (Å²) in [4.78, 5) is 0. The Morgan fingerprint density at radius 2 is 1.94 bits per heavy atom. The Labute approximate surface area is 104 Å². The molecule has 1 rings (SSSR count). The summed E-state index contributed by atoms with van der Waals surface area (Å²) in [6.45, 7) is 8.08. The number of aryl methyl sites for hydroxylation is 2. The number of anilines is 1. The SMILES string of the molecule is COc1cc(C)c(C)cc1NCC(C)CCN. The van der Waals surface area contributed by atoms with Gasteiger partial charge in [0.2, 0.25) is 0 Å². The first-order valence-electron chi connectivity index (χ1n) is 6.17. The van der Waals surface area contributed by atoms with E-state index in [1.54, 1.807) is 7.11 Å². The Bertz CT molecular complexity index is 363. The molecule has 1 aromatic rings. The fourth-order valence-corrected chi connectivity index (χ4v) is 1.77. The largest absolute Gasteiger partial charge is 0.495 e. The fourth-order valence-electron chi connectivity index (χ4n) is 1.77. The minimum absolute atomic E-state index is 0.575. The second-order valence-electron chi connectivity index (χ2n) is 4.70. The Morgan fingerprint density at radius 1 is 1.29 bits per heavy atom. The van der Waals surface area contributed by atoms with Gasteiger partial charge in [-0.3, -0.25) is 0 Å². The van der Waals surface area contributed by atoms with Crippen LogP contribution in [0, 0.1) is 19.8 Å². The molecular weight excluding hydrogens is 212 g/mol. The van der Waals surface area contributed by atoms with E-state index >= 15 is 0 Å². The van der Waals surface area contributed by atoms with Gasteiger partial charge in [-0.25, -0.2) is 0 Å². The van der Waals surface area contributed by atoms with Crippen LogP contribution in [0.3, 0.4) is 0 Å². The lowest BCUT2D eigenvalue weighted by atomic mass is 10.1. The van der Waals surface area contributed by atoms with Crippen LogP contribution in [0.25, 0.3) is 0 Å². The molecule has 0 bridgehead atoms. The summed E-state index contributed by atoms with van der Waals surface area (Å²) < 4.78 is 5.39. The van der Waals surface area contributed by atoms with E-state index in [2.05, 4.69) is 38.2 Å². The molecule has 0 saturated carbocycles. The highest BCUT2D eigenvalue weighted by atomic mass is 16.5. The lowest BCUT2D eigenvalue weighted by Crippen LogP contribution is -2.15. The molecule has 0 amide bonds. The molecule has 0 heterocycles. The molecule has 17 heavy (non-hydrogen) atoms. The number of ether oxygens (including phenoxy) is 1. The average molecular weight is 236 g/mol. The Hall–Kier alpha value is -1.22. The second-order valence-corrected chi connectivity index (χ2v) is 4.70. The van der Waals surface area contributed by atoms with Gasteiger partial charge in [0.25, 0.3) is 0 Å². The molecule has 1 aromatic carbocycles. The molecule has 0 spiro atoms. The minimum Gasteiger partial charge on any atom is -0.495 e. The van der Waals surface area contributed by atoms with E-state index in [0.717, 1.165) is 30.9 Å². The van der Waals surface area contributed by atoms with Gasteiger partial charge < -0.3 is 15.8 Å². The summed E-state index contributed by atoms with van der Waals surface area (Å²) in [7, 11) is 1.71. The van der Waals surface area contributed by atoms with Crippen molar-refractivity contribution in [3.8, 4) is 5.75 Å². The molecule has 0 aliphatic rings. The number of rotatable bonds is 6. The summed E-state index contributed by atoms with van der Waals surface area (Å²) in [5.41, 5.74) is 9.14. The van der Waals surface area contributed by atoms with Gasteiger partial charge in [0.05, 0.1) is 12.8 Å². The van der Waals surface area contributed by atoms with Crippen LogP contribution in [0.2, 0.25) is 0 Å². The lowest BCUT2D eigenvalue weighted by Gasteiger charge is -2.16. The van der Waals surface area contributed by atoms with Gasteiger partial charge in [0.1, 0.15) is 5.75 Å². The van der Waals surface area contributed by atoms with E-state index in [4.69, 9.17) is 10.5 Å². The zero-order valence-electron chi connectivity index (χ0n) is 11.3. The topological polar surface area (TPSA) is 47.3 Å². The Balaban J connectivity index is 2.72. The van der Waals surface area contributed by atoms with Gasteiger partial charge in [-0.05, 0) is 56.0 Å². The predicted octanol–water partition coefficient (Wildman–Crippen LogP) is 2.71. The van der Waals surface area contributed by atoms with E-state index in [1.807, 2.05) is 0 Å². The van der Waals surface area contributed by atoms with Crippen molar-refractivity contribution in [2.24, 2.45) is 11.7 Å². The highest BCUT2D eigenvalue weighted by Gasteiger charge is 2.07. The highest BCUT2D eigenvalue weighted by Crippen LogP contribution is 2.28. The normalized spacial score (nSPS) is 12.3.